The fourth-order valence-electron chi connectivity index (χ4n) is 2.24. The van der Waals surface area contributed by atoms with Gasteiger partial charge in [0, 0.05) is 21.9 Å². The van der Waals surface area contributed by atoms with Gasteiger partial charge in [-0.1, -0.05) is 28.1 Å². The quantitative estimate of drug-likeness (QED) is 0.644. The van der Waals surface area contributed by atoms with Crippen molar-refractivity contribution in [2.45, 2.75) is 6.92 Å². The van der Waals surface area contributed by atoms with E-state index in [1.165, 1.54) is 0 Å². The van der Waals surface area contributed by atoms with Gasteiger partial charge in [0.05, 0.1) is 12.8 Å². The molecular formula is C18H17BrN4O. The molecule has 0 bridgehead atoms. The van der Waals surface area contributed by atoms with Crippen molar-refractivity contribution in [1.82, 2.24) is 9.97 Å². The van der Waals surface area contributed by atoms with Gasteiger partial charge in [-0.3, -0.25) is 0 Å². The van der Waals surface area contributed by atoms with E-state index >= 15 is 0 Å². The van der Waals surface area contributed by atoms with Gasteiger partial charge in [0.15, 0.2) is 0 Å². The van der Waals surface area contributed by atoms with Crippen molar-refractivity contribution in [1.29, 1.82) is 0 Å². The summed E-state index contributed by atoms with van der Waals surface area (Å²) < 4.78 is 6.38. The predicted octanol–water partition coefficient (Wildman–Crippen LogP) is 5.04. The summed E-state index contributed by atoms with van der Waals surface area (Å²) >= 11 is 3.43. The number of para-hydroxylation sites is 2. The Kier molecular flexibility index (Phi) is 4.96. The molecule has 122 valence electrons. The van der Waals surface area contributed by atoms with Crippen LogP contribution in [-0.4, -0.2) is 17.1 Å². The summed E-state index contributed by atoms with van der Waals surface area (Å²) in [6.45, 7) is 1.93. The Hall–Kier alpha value is -2.60. The number of hydrogen-bond donors (Lipinski definition) is 2. The van der Waals surface area contributed by atoms with E-state index in [4.69, 9.17) is 4.74 Å². The fraction of sp³-hybridized carbons (Fsp3) is 0.111. The highest BCUT2D eigenvalue weighted by Crippen LogP contribution is 2.26. The molecule has 3 rings (SSSR count). The number of methoxy groups -OCH3 is 1. The standard InChI is InChI=1S/C18H17BrN4O/c1-12-11-17(21-14-9-7-13(19)8-10-14)23-18(20-12)22-15-5-3-4-6-16(15)24-2/h3-11H,1-2H3,(H2,20,21,22,23). The normalized spacial score (nSPS) is 10.3. The van der Waals surface area contributed by atoms with E-state index < -0.39 is 0 Å². The zero-order valence-corrected chi connectivity index (χ0v) is 15.0. The summed E-state index contributed by atoms with van der Waals surface area (Å²) in [5.41, 5.74) is 2.64. The van der Waals surface area contributed by atoms with E-state index in [2.05, 4.69) is 36.5 Å². The van der Waals surface area contributed by atoms with Crippen molar-refractivity contribution in [3.63, 3.8) is 0 Å². The van der Waals surface area contributed by atoms with Crippen LogP contribution in [0.3, 0.4) is 0 Å². The van der Waals surface area contributed by atoms with Gasteiger partial charge in [0.25, 0.3) is 0 Å². The van der Waals surface area contributed by atoms with Crippen LogP contribution in [0.2, 0.25) is 0 Å². The summed E-state index contributed by atoms with van der Waals surface area (Å²) in [7, 11) is 1.64. The first-order valence-electron chi connectivity index (χ1n) is 7.42. The van der Waals surface area contributed by atoms with Crippen LogP contribution in [0.15, 0.2) is 59.1 Å². The molecule has 0 aliphatic heterocycles. The second-order valence-corrected chi connectivity index (χ2v) is 6.09. The minimum atomic E-state index is 0.513. The number of anilines is 4. The molecule has 6 heteroatoms. The van der Waals surface area contributed by atoms with Crippen LogP contribution >= 0.6 is 15.9 Å². The van der Waals surface area contributed by atoms with E-state index in [1.54, 1.807) is 7.11 Å². The van der Waals surface area contributed by atoms with Crippen LogP contribution < -0.4 is 15.4 Å². The van der Waals surface area contributed by atoms with Gasteiger partial charge in [-0.05, 0) is 43.3 Å². The van der Waals surface area contributed by atoms with Gasteiger partial charge in [-0.2, -0.15) is 4.98 Å². The lowest BCUT2D eigenvalue weighted by Crippen LogP contribution is -2.03. The monoisotopic (exact) mass is 384 g/mol. The Morgan fingerprint density at radius 1 is 0.958 bits per heavy atom. The van der Waals surface area contributed by atoms with Crippen molar-refractivity contribution in [3.05, 3.63) is 64.8 Å². The molecule has 1 heterocycles. The number of nitrogens with one attached hydrogen (secondary N) is 2. The first kappa shape index (κ1) is 16.3. The lowest BCUT2D eigenvalue weighted by atomic mass is 10.3. The zero-order chi connectivity index (χ0) is 16.9. The second-order valence-electron chi connectivity index (χ2n) is 5.18. The molecule has 2 N–H and O–H groups in total. The van der Waals surface area contributed by atoms with Crippen molar-refractivity contribution < 1.29 is 4.74 Å². The number of aryl methyl sites for hydroxylation is 1. The molecule has 0 fully saturated rings. The molecule has 0 aliphatic rings. The Balaban J connectivity index is 1.84. The molecule has 0 radical (unpaired) electrons. The van der Waals surface area contributed by atoms with Gasteiger partial charge >= 0.3 is 0 Å². The highest BCUT2D eigenvalue weighted by Gasteiger charge is 2.07. The Morgan fingerprint density at radius 3 is 2.46 bits per heavy atom. The summed E-state index contributed by atoms with van der Waals surface area (Å²) in [5.74, 6) is 1.98. The molecule has 0 aliphatic carbocycles. The van der Waals surface area contributed by atoms with Crippen molar-refractivity contribution in [3.8, 4) is 5.75 Å². The smallest absolute Gasteiger partial charge is 0.229 e. The number of nitrogens with zero attached hydrogens (tertiary/aromatic N) is 2. The molecule has 1 aromatic heterocycles. The molecule has 0 saturated carbocycles. The maximum Gasteiger partial charge on any atom is 0.229 e. The van der Waals surface area contributed by atoms with E-state index in [0.29, 0.717) is 5.95 Å². The van der Waals surface area contributed by atoms with Crippen LogP contribution in [0, 0.1) is 6.92 Å². The first-order valence-corrected chi connectivity index (χ1v) is 8.21. The van der Waals surface area contributed by atoms with Gasteiger partial charge < -0.3 is 15.4 Å². The van der Waals surface area contributed by atoms with Gasteiger partial charge in [0.2, 0.25) is 5.95 Å². The lowest BCUT2D eigenvalue weighted by molar-refractivity contribution is 0.417. The summed E-state index contributed by atoms with van der Waals surface area (Å²) in [6, 6.07) is 17.5. The fourth-order valence-corrected chi connectivity index (χ4v) is 2.50. The van der Waals surface area contributed by atoms with E-state index in [1.807, 2.05) is 61.5 Å². The minimum absolute atomic E-state index is 0.513. The van der Waals surface area contributed by atoms with Crippen LogP contribution in [0.1, 0.15) is 5.69 Å². The van der Waals surface area contributed by atoms with Crippen LogP contribution in [-0.2, 0) is 0 Å². The summed E-state index contributed by atoms with van der Waals surface area (Å²) in [6.07, 6.45) is 0. The average molecular weight is 385 g/mol. The third-order valence-electron chi connectivity index (χ3n) is 3.32. The molecular weight excluding hydrogens is 368 g/mol. The predicted molar refractivity (Wildman–Crippen MR) is 100 cm³/mol. The van der Waals surface area contributed by atoms with E-state index in [-0.39, 0.29) is 0 Å². The Morgan fingerprint density at radius 2 is 1.71 bits per heavy atom. The molecule has 0 amide bonds. The molecule has 0 unspecified atom stereocenters. The van der Waals surface area contributed by atoms with Gasteiger partial charge in [-0.15, -0.1) is 0 Å². The zero-order valence-electron chi connectivity index (χ0n) is 13.4. The van der Waals surface area contributed by atoms with Crippen LogP contribution in [0.25, 0.3) is 0 Å². The molecule has 0 saturated heterocycles. The van der Waals surface area contributed by atoms with Crippen molar-refractivity contribution >= 4 is 39.1 Å². The van der Waals surface area contributed by atoms with E-state index in [9.17, 15) is 0 Å². The third-order valence-corrected chi connectivity index (χ3v) is 3.85. The number of hydrogen-bond acceptors (Lipinski definition) is 5. The maximum atomic E-state index is 5.35. The minimum Gasteiger partial charge on any atom is -0.495 e. The maximum absolute atomic E-state index is 5.35. The topological polar surface area (TPSA) is 59.1 Å². The molecule has 3 aromatic rings. The number of rotatable bonds is 5. The molecule has 0 spiro atoms. The number of aromatic nitrogens is 2. The molecule has 5 nitrogen and oxygen atoms in total. The second kappa shape index (κ2) is 7.31. The van der Waals surface area contributed by atoms with Crippen LogP contribution in [0.4, 0.5) is 23.1 Å². The van der Waals surface area contributed by atoms with Crippen LogP contribution in [0.5, 0.6) is 5.75 Å². The Labute approximate surface area is 149 Å². The largest absolute Gasteiger partial charge is 0.495 e. The summed E-state index contributed by atoms with van der Waals surface area (Å²) in [5, 5.41) is 6.49. The van der Waals surface area contributed by atoms with E-state index in [0.717, 1.165) is 33.1 Å². The number of ether oxygens (including phenoxy) is 1. The van der Waals surface area contributed by atoms with Gasteiger partial charge in [0.1, 0.15) is 11.6 Å². The first-order chi connectivity index (χ1) is 11.6. The number of halogens is 1. The summed E-state index contributed by atoms with van der Waals surface area (Å²) in [4.78, 5) is 8.96. The highest BCUT2D eigenvalue weighted by atomic mass is 79.9. The SMILES string of the molecule is COc1ccccc1Nc1nc(C)cc(Nc2ccc(Br)cc2)n1. The third kappa shape index (κ3) is 4.02. The van der Waals surface area contributed by atoms with Crippen molar-refractivity contribution in [2.24, 2.45) is 0 Å². The van der Waals surface area contributed by atoms with Gasteiger partial charge in [-0.25, -0.2) is 4.98 Å². The number of benzene rings is 2. The molecule has 2 aromatic carbocycles. The average Bonchev–Trinajstić information content (AvgIpc) is 2.57. The molecule has 24 heavy (non-hydrogen) atoms. The Bertz CT molecular complexity index is 837. The highest BCUT2D eigenvalue weighted by molar-refractivity contribution is 9.10. The molecule has 0 atom stereocenters. The van der Waals surface area contributed by atoms with Crippen molar-refractivity contribution in [2.75, 3.05) is 17.7 Å². The lowest BCUT2D eigenvalue weighted by Gasteiger charge is -2.12.